The molecule has 7 heteroatoms. The van der Waals surface area contributed by atoms with Crippen molar-refractivity contribution in [3.05, 3.63) is 48.7 Å². The van der Waals surface area contributed by atoms with E-state index in [0.29, 0.717) is 12.3 Å². The van der Waals surface area contributed by atoms with Crippen LogP contribution in [0.15, 0.2) is 48.7 Å². The minimum Gasteiger partial charge on any atom is -0.368 e. The van der Waals surface area contributed by atoms with E-state index in [1.165, 1.54) is 17.4 Å². The van der Waals surface area contributed by atoms with Crippen LogP contribution in [0.4, 0.5) is 17.2 Å². The second-order valence-electron chi connectivity index (χ2n) is 6.10. The summed E-state index contributed by atoms with van der Waals surface area (Å²) in [5.74, 6) is 2.14. The number of nitrogens with one attached hydrogen (secondary N) is 1. The van der Waals surface area contributed by atoms with Gasteiger partial charge in [0.2, 0.25) is 5.91 Å². The molecule has 1 aliphatic rings. The second-order valence-corrected chi connectivity index (χ2v) is 7.21. The molecule has 1 aromatic heterocycles. The Kier molecular flexibility index (Phi) is 6.74. The Morgan fingerprint density at radius 2 is 1.81 bits per heavy atom. The first-order chi connectivity index (χ1) is 12.8. The van der Waals surface area contributed by atoms with Gasteiger partial charge in [-0.15, -0.1) is 0 Å². The van der Waals surface area contributed by atoms with Crippen LogP contribution >= 0.6 is 11.8 Å². The first-order valence-electron chi connectivity index (χ1n) is 8.85. The summed E-state index contributed by atoms with van der Waals surface area (Å²) in [6.45, 7) is 4.41. The van der Waals surface area contributed by atoms with Crippen LogP contribution < -0.4 is 20.9 Å². The highest BCUT2D eigenvalue weighted by molar-refractivity contribution is 7.99. The average molecular weight is 372 g/mol. The van der Waals surface area contributed by atoms with E-state index in [2.05, 4.69) is 44.4 Å². The van der Waals surface area contributed by atoms with Crippen LogP contribution in [-0.2, 0) is 4.79 Å². The molecule has 0 atom stereocenters. The third kappa shape index (κ3) is 5.12. The van der Waals surface area contributed by atoms with Crippen molar-refractivity contribution in [2.75, 3.05) is 59.3 Å². The number of rotatable bonds is 7. The zero-order chi connectivity index (χ0) is 18.2. The van der Waals surface area contributed by atoms with E-state index in [4.69, 9.17) is 5.73 Å². The molecule has 0 aliphatic carbocycles. The Balaban J connectivity index is 1.49. The molecule has 138 valence electrons. The molecule has 0 saturated carbocycles. The molecular weight excluding hydrogens is 346 g/mol. The van der Waals surface area contributed by atoms with Gasteiger partial charge < -0.3 is 20.9 Å². The molecule has 2 heterocycles. The number of piperazine rings is 1. The number of amides is 1. The first kappa shape index (κ1) is 18.5. The molecule has 0 spiro atoms. The number of thioether (sulfide) groups is 1. The zero-order valence-corrected chi connectivity index (χ0v) is 15.6. The standard InChI is InChI=1S/C19H25N5OS/c20-8-13-26-15-19(25)22-16-6-7-18(21-14-16)24-11-9-23(10-12-24)17-4-2-1-3-5-17/h1-7,14H,8-13,15,20H2,(H,22,25). The minimum atomic E-state index is -0.0190. The molecule has 26 heavy (non-hydrogen) atoms. The summed E-state index contributed by atoms with van der Waals surface area (Å²) >= 11 is 1.53. The number of nitrogens with zero attached hydrogens (tertiary/aromatic N) is 3. The molecule has 1 amide bonds. The molecule has 3 N–H and O–H groups in total. The lowest BCUT2D eigenvalue weighted by Crippen LogP contribution is -2.46. The van der Waals surface area contributed by atoms with Crippen molar-refractivity contribution in [1.29, 1.82) is 0 Å². The van der Waals surface area contributed by atoms with Gasteiger partial charge in [0.1, 0.15) is 5.82 Å². The van der Waals surface area contributed by atoms with Gasteiger partial charge in [0.15, 0.2) is 0 Å². The molecular formula is C19H25N5OS. The van der Waals surface area contributed by atoms with Crippen LogP contribution in [0.3, 0.4) is 0 Å². The lowest BCUT2D eigenvalue weighted by molar-refractivity contribution is -0.113. The molecule has 1 aliphatic heterocycles. The number of aromatic nitrogens is 1. The molecule has 6 nitrogen and oxygen atoms in total. The predicted octanol–water partition coefficient (Wildman–Crippen LogP) is 2.04. The Bertz CT molecular complexity index is 687. The van der Waals surface area contributed by atoms with Crippen molar-refractivity contribution >= 4 is 34.9 Å². The van der Waals surface area contributed by atoms with Crippen molar-refractivity contribution in [1.82, 2.24) is 4.98 Å². The number of pyridine rings is 1. The zero-order valence-electron chi connectivity index (χ0n) is 14.8. The van der Waals surface area contributed by atoms with Gasteiger partial charge in [-0.25, -0.2) is 4.98 Å². The molecule has 0 unspecified atom stereocenters. The van der Waals surface area contributed by atoms with Crippen molar-refractivity contribution in [3.8, 4) is 0 Å². The van der Waals surface area contributed by atoms with Gasteiger partial charge in [0.05, 0.1) is 17.6 Å². The normalized spacial score (nSPS) is 14.3. The van der Waals surface area contributed by atoms with Crippen molar-refractivity contribution in [3.63, 3.8) is 0 Å². The van der Waals surface area contributed by atoms with E-state index in [1.807, 2.05) is 18.2 Å². The highest BCUT2D eigenvalue weighted by Gasteiger charge is 2.18. The van der Waals surface area contributed by atoms with E-state index in [0.717, 1.165) is 43.4 Å². The monoisotopic (exact) mass is 371 g/mol. The summed E-state index contributed by atoms with van der Waals surface area (Å²) in [6, 6.07) is 14.4. The molecule has 1 saturated heterocycles. The number of anilines is 3. The summed E-state index contributed by atoms with van der Waals surface area (Å²) in [5.41, 5.74) is 7.43. The van der Waals surface area contributed by atoms with E-state index in [9.17, 15) is 4.79 Å². The Morgan fingerprint density at radius 1 is 1.08 bits per heavy atom. The van der Waals surface area contributed by atoms with Crippen LogP contribution in [0, 0.1) is 0 Å². The third-order valence-electron chi connectivity index (χ3n) is 4.25. The lowest BCUT2D eigenvalue weighted by Gasteiger charge is -2.36. The third-order valence-corrected chi connectivity index (χ3v) is 5.24. The highest BCUT2D eigenvalue weighted by Crippen LogP contribution is 2.20. The number of benzene rings is 1. The summed E-state index contributed by atoms with van der Waals surface area (Å²) in [4.78, 5) is 21.0. The SMILES string of the molecule is NCCSCC(=O)Nc1ccc(N2CCN(c3ccccc3)CC2)nc1. The number of hydrogen-bond donors (Lipinski definition) is 2. The average Bonchev–Trinajstić information content (AvgIpc) is 2.70. The molecule has 2 aromatic rings. The van der Waals surface area contributed by atoms with Crippen LogP contribution in [0.5, 0.6) is 0 Å². The number of nitrogens with two attached hydrogens (primary N) is 1. The summed E-state index contributed by atoms with van der Waals surface area (Å²) in [7, 11) is 0. The van der Waals surface area contributed by atoms with Gasteiger partial charge in [-0.05, 0) is 24.3 Å². The number of hydrogen-bond acceptors (Lipinski definition) is 6. The fourth-order valence-corrected chi connectivity index (χ4v) is 3.49. The van der Waals surface area contributed by atoms with Crippen molar-refractivity contribution < 1.29 is 4.79 Å². The molecule has 1 fully saturated rings. The quantitative estimate of drug-likeness (QED) is 0.726. The maximum absolute atomic E-state index is 11.8. The largest absolute Gasteiger partial charge is 0.368 e. The van der Waals surface area contributed by atoms with E-state index < -0.39 is 0 Å². The van der Waals surface area contributed by atoms with Gasteiger partial charge in [-0.1, -0.05) is 18.2 Å². The van der Waals surface area contributed by atoms with Gasteiger partial charge >= 0.3 is 0 Å². The minimum absolute atomic E-state index is 0.0190. The molecule has 3 rings (SSSR count). The van der Waals surface area contributed by atoms with Crippen LogP contribution in [0.1, 0.15) is 0 Å². The van der Waals surface area contributed by atoms with Crippen molar-refractivity contribution in [2.24, 2.45) is 5.73 Å². The maximum atomic E-state index is 11.8. The van der Waals surface area contributed by atoms with Gasteiger partial charge in [0, 0.05) is 44.2 Å². The fourth-order valence-electron chi connectivity index (χ4n) is 2.92. The number of carbonyl (C=O) groups is 1. The van der Waals surface area contributed by atoms with E-state index in [-0.39, 0.29) is 5.91 Å². The van der Waals surface area contributed by atoms with Gasteiger partial charge in [-0.3, -0.25) is 4.79 Å². The summed E-state index contributed by atoms with van der Waals surface area (Å²) in [6.07, 6.45) is 1.73. The number of para-hydroxylation sites is 1. The van der Waals surface area contributed by atoms with Gasteiger partial charge in [-0.2, -0.15) is 11.8 Å². The van der Waals surface area contributed by atoms with Crippen LogP contribution in [0.25, 0.3) is 0 Å². The maximum Gasteiger partial charge on any atom is 0.234 e. The highest BCUT2D eigenvalue weighted by atomic mass is 32.2. The number of carbonyl (C=O) groups excluding carboxylic acids is 1. The second kappa shape index (κ2) is 9.45. The summed E-state index contributed by atoms with van der Waals surface area (Å²) in [5, 5.41) is 2.87. The van der Waals surface area contributed by atoms with Gasteiger partial charge in [0.25, 0.3) is 0 Å². The Labute approximate surface area is 158 Å². The lowest BCUT2D eigenvalue weighted by atomic mass is 10.2. The smallest absolute Gasteiger partial charge is 0.234 e. The van der Waals surface area contributed by atoms with Crippen LogP contribution in [0.2, 0.25) is 0 Å². The first-order valence-corrected chi connectivity index (χ1v) is 10.0. The van der Waals surface area contributed by atoms with Crippen LogP contribution in [-0.4, -0.2) is 55.1 Å². The Morgan fingerprint density at radius 3 is 2.46 bits per heavy atom. The van der Waals surface area contributed by atoms with Crippen molar-refractivity contribution in [2.45, 2.75) is 0 Å². The molecule has 0 radical (unpaired) electrons. The topological polar surface area (TPSA) is 74.5 Å². The molecule has 0 bridgehead atoms. The predicted molar refractivity (Wildman–Crippen MR) is 110 cm³/mol. The van der Waals surface area contributed by atoms with E-state index >= 15 is 0 Å². The Hall–Kier alpha value is -2.25. The van der Waals surface area contributed by atoms with E-state index in [1.54, 1.807) is 6.20 Å². The molecule has 1 aromatic carbocycles. The fraction of sp³-hybridized carbons (Fsp3) is 0.368. The summed E-state index contributed by atoms with van der Waals surface area (Å²) < 4.78 is 0.